The molecule has 42 heavy (non-hydrogen) atoms. The first kappa shape index (κ1) is 30.3. The fraction of sp³-hybridized carbons (Fsp3) is 0.543. The second-order valence-electron chi connectivity index (χ2n) is 12.2. The smallest absolute Gasteiger partial charge is 0.251 e. The van der Waals surface area contributed by atoms with Crippen LogP contribution < -0.4 is 10.2 Å². The van der Waals surface area contributed by atoms with Crippen LogP contribution in [0.15, 0.2) is 36.4 Å². The van der Waals surface area contributed by atoms with Crippen molar-refractivity contribution in [3.8, 4) is 0 Å². The highest BCUT2D eigenvalue weighted by atomic mass is 16.5. The summed E-state index contributed by atoms with van der Waals surface area (Å²) in [6.07, 6.45) is 8.56. The molecule has 7 nitrogen and oxygen atoms in total. The van der Waals surface area contributed by atoms with E-state index in [1.54, 1.807) is 6.92 Å². The predicted molar refractivity (Wildman–Crippen MR) is 170 cm³/mol. The molecule has 0 atom stereocenters. The van der Waals surface area contributed by atoms with Gasteiger partial charge in [-0.05, 0) is 93.5 Å². The van der Waals surface area contributed by atoms with Gasteiger partial charge in [0.05, 0.1) is 0 Å². The highest BCUT2D eigenvalue weighted by Gasteiger charge is 2.25. The molecule has 0 unspecified atom stereocenters. The van der Waals surface area contributed by atoms with Gasteiger partial charge in [-0.2, -0.15) is 0 Å². The fourth-order valence-electron chi connectivity index (χ4n) is 6.81. The highest BCUT2D eigenvalue weighted by molar-refractivity contribution is 5.97. The van der Waals surface area contributed by atoms with Gasteiger partial charge in [-0.1, -0.05) is 31.4 Å². The van der Waals surface area contributed by atoms with Gasteiger partial charge in [0, 0.05) is 80.7 Å². The number of aryl methyl sites for hydroxylation is 2. The molecule has 0 radical (unpaired) electrons. The Morgan fingerprint density at radius 1 is 0.952 bits per heavy atom. The topological polar surface area (TPSA) is 66.8 Å². The summed E-state index contributed by atoms with van der Waals surface area (Å²) in [7, 11) is 2.11. The number of ether oxygens (including phenoxy) is 1. The lowest BCUT2D eigenvalue weighted by molar-refractivity contribution is -0.116. The molecule has 3 heterocycles. The number of hydrogen-bond donors (Lipinski definition) is 1. The van der Waals surface area contributed by atoms with Gasteiger partial charge in [-0.25, -0.2) is 0 Å². The van der Waals surface area contributed by atoms with Crippen molar-refractivity contribution >= 4 is 28.4 Å². The molecule has 1 N–H and O–H groups in total. The summed E-state index contributed by atoms with van der Waals surface area (Å²) in [5.41, 5.74) is 7.66. The maximum Gasteiger partial charge on any atom is 0.251 e. The molecule has 2 amide bonds. The van der Waals surface area contributed by atoms with Gasteiger partial charge < -0.3 is 19.5 Å². The van der Waals surface area contributed by atoms with Crippen LogP contribution in [0, 0.1) is 13.8 Å². The third kappa shape index (κ3) is 6.90. The standard InChI is InChI=1S/C35H48N4O3/c1-25-10-12-32-31(26(2)37(4)34(32)22-25)14-17-36-35(41)28-11-13-33-29(23-28)24-38(30-15-20-42-21-16-30)18-8-6-5-7-9-19-39(33)27(3)40/h10-13,22-23,30H,5-9,14-21,24H2,1-4H3,(H,36,41). The van der Waals surface area contributed by atoms with Crippen LogP contribution in [0.5, 0.6) is 0 Å². The van der Waals surface area contributed by atoms with Crippen molar-refractivity contribution in [1.29, 1.82) is 0 Å². The summed E-state index contributed by atoms with van der Waals surface area (Å²) < 4.78 is 7.91. The lowest BCUT2D eigenvalue weighted by Gasteiger charge is -2.36. The van der Waals surface area contributed by atoms with E-state index in [0.29, 0.717) is 18.2 Å². The van der Waals surface area contributed by atoms with E-state index in [2.05, 4.69) is 53.9 Å². The van der Waals surface area contributed by atoms with Gasteiger partial charge in [-0.15, -0.1) is 0 Å². The van der Waals surface area contributed by atoms with Crippen molar-refractivity contribution in [1.82, 2.24) is 14.8 Å². The summed E-state index contributed by atoms with van der Waals surface area (Å²) in [6.45, 7) is 10.6. The van der Waals surface area contributed by atoms with Crippen LogP contribution in [0.3, 0.4) is 0 Å². The average molecular weight is 573 g/mol. The minimum absolute atomic E-state index is 0.0591. The number of fused-ring (bicyclic) bond motifs is 2. The Bertz CT molecular complexity index is 1400. The summed E-state index contributed by atoms with van der Waals surface area (Å²) >= 11 is 0. The minimum atomic E-state index is -0.0651. The summed E-state index contributed by atoms with van der Waals surface area (Å²) in [5.74, 6) is -0.00609. The summed E-state index contributed by atoms with van der Waals surface area (Å²) in [5, 5.41) is 4.44. The van der Waals surface area contributed by atoms with Crippen molar-refractivity contribution in [2.45, 2.75) is 84.7 Å². The van der Waals surface area contributed by atoms with Crippen molar-refractivity contribution in [3.05, 3.63) is 64.3 Å². The van der Waals surface area contributed by atoms with Crippen LogP contribution in [0.2, 0.25) is 0 Å². The van der Waals surface area contributed by atoms with Crippen LogP contribution in [0.1, 0.15) is 84.6 Å². The van der Waals surface area contributed by atoms with Gasteiger partial charge in [-0.3, -0.25) is 14.5 Å². The first-order chi connectivity index (χ1) is 20.3. The summed E-state index contributed by atoms with van der Waals surface area (Å²) in [6, 6.07) is 13.0. The number of benzene rings is 2. The SMILES string of the molecule is CC(=O)N1CCCCCCCN(C2CCOCC2)Cc2cc(C(=O)NCCc3c(C)n(C)c4cc(C)ccc34)ccc21. The molecule has 2 aliphatic rings. The zero-order chi connectivity index (χ0) is 29.6. The van der Waals surface area contributed by atoms with Crippen LogP contribution in [0.4, 0.5) is 5.69 Å². The molecule has 2 aliphatic heterocycles. The number of anilines is 1. The Balaban J connectivity index is 1.37. The van der Waals surface area contributed by atoms with Crippen molar-refractivity contribution in [2.24, 2.45) is 7.05 Å². The van der Waals surface area contributed by atoms with Crippen LogP contribution in [0.25, 0.3) is 10.9 Å². The number of aromatic nitrogens is 1. The molecule has 0 spiro atoms. The molecule has 1 fully saturated rings. The molecule has 1 aromatic heterocycles. The zero-order valence-corrected chi connectivity index (χ0v) is 26.0. The number of hydrogen-bond acceptors (Lipinski definition) is 4. The Morgan fingerprint density at radius 3 is 2.45 bits per heavy atom. The van der Waals surface area contributed by atoms with E-state index < -0.39 is 0 Å². The minimum Gasteiger partial charge on any atom is -0.381 e. The van der Waals surface area contributed by atoms with Crippen LogP contribution in [-0.2, 0) is 29.5 Å². The predicted octanol–water partition coefficient (Wildman–Crippen LogP) is 6.07. The maximum absolute atomic E-state index is 13.5. The third-order valence-electron chi connectivity index (χ3n) is 9.36. The van der Waals surface area contributed by atoms with E-state index in [1.807, 2.05) is 23.1 Å². The first-order valence-corrected chi connectivity index (χ1v) is 15.9. The van der Waals surface area contributed by atoms with E-state index in [1.165, 1.54) is 47.0 Å². The first-order valence-electron chi connectivity index (χ1n) is 15.9. The average Bonchev–Trinajstić information content (AvgIpc) is 3.21. The third-order valence-corrected chi connectivity index (χ3v) is 9.36. The van der Waals surface area contributed by atoms with Crippen LogP contribution >= 0.6 is 0 Å². The van der Waals surface area contributed by atoms with Gasteiger partial charge in [0.1, 0.15) is 0 Å². The van der Waals surface area contributed by atoms with Crippen molar-refractivity contribution in [3.63, 3.8) is 0 Å². The molecular formula is C35H48N4O3. The molecule has 2 aromatic carbocycles. The molecule has 0 saturated carbocycles. The summed E-state index contributed by atoms with van der Waals surface area (Å²) in [4.78, 5) is 30.8. The Morgan fingerprint density at radius 2 is 1.69 bits per heavy atom. The highest BCUT2D eigenvalue weighted by Crippen LogP contribution is 2.29. The molecule has 7 heteroatoms. The Labute approximate surface area is 251 Å². The van der Waals surface area contributed by atoms with Gasteiger partial charge in [0.2, 0.25) is 5.91 Å². The number of nitrogens with one attached hydrogen (secondary N) is 1. The number of rotatable bonds is 5. The number of nitrogens with zero attached hydrogens (tertiary/aromatic N) is 3. The second-order valence-corrected chi connectivity index (χ2v) is 12.2. The van der Waals surface area contributed by atoms with Gasteiger partial charge in [0.25, 0.3) is 5.91 Å². The number of carbonyl (C=O) groups is 2. The molecule has 0 bridgehead atoms. The lowest BCUT2D eigenvalue weighted by Crippen LogP contribution is -2.40. The quantitative estimate of drug-likeness (QED) is 0.403. The van der Waals surface area contributed by atoms with Gasteiger partial charge in [0.15, 0.2) is 0 Å². The second kappa shape index (κ2) is 13.9. The molecule has 0 aliphatic carbocycles. The largest absolute Gasteiger partial charge is 0.381 e. The molecule has 226 valence electrons. The van der Waals surface area contributed by atoms with Crippen molar-refractivity contribution < 1.29 is 14.3 Å². The van der Waals surface area contributed by atoms with Crippen molar-refractivity contribution in [2.75, 3.05) is 37.7 Å². The van der Waals surface area contributed by atoms with Crippen LogP contribution in [-0.4, -0.2) is 60.2 Å². The van der Waals surface area contributed by atoms with E-state index in [-0.39, 0.29) is 11.8 Å². The zero-order valence-electron chi connectivity index (χ0n) is 26.0. The normalized spacial score (nSPS) is 17.9. The van der Waals surface area contributed by atoms with E-state index >= 15 is 0 Å². The fourth-order valence-corrected chi connectivity index (χ4v) is 6.81. The maximum atomic E-state index is 13.5. The van der Waals surface area contributed by atoms with E-state index in [0.717, 1.165) is 76.2 Å². The van der Waals surface area contributed by atoms with E-state index in [9.17, 15) is 9.59 Å². The molecular weight excluding hydrogens is 524 g/mol. The van der Waals surface area contributed by atoms with E-state index in [4.69, 9.17) is 4.74 Å². The Hall–Kier alpha value is -3.16. The monoisotopic (exact) mass is 572 g/mol. The lowest BCUT2D eigenvalue weighted by atomic mass is 10.0. The van der Waals surface area contributed by atoms with Gasteiger partial charge >= 0.3 is 0 Å². The molecule has 1 saturated heterocycles. The Kier molecular flexibility index (Phi) is 10.0. The number of amides is 2. The molecule has 3 aromatic rings. The number of carbonyl (C=O) groups excluding carboxylic acids is 2. The molecule has 5 rings (SSSR count).